The highest BCUT2D eigenvalue weighted by Crippen LogP contribution is 2.29. The maximum Gasteiger partial charge on any atom is 0.344 e. The zero-order valence-corrected chi connectivity index (χ0v) is 16.5. The Labute approximate surface area is 171 Å². The number of hydrogen-bond acceptors (Lipinski definition) is 8. The first kappa shape index (κ1) is 22.3. The molecule has 2 aromatic carbocycles. The predicted molar refractivity (Wildman–Crippen MR) is 106 cm³/mol. The zero-order valence-electron chi connectivity index (χ0n) is 16.5. The number of benzene rings is 2. The Morgan fingerprint density at radius 2 is 1.87 bits per heavy atom. The third kappa shape index (κ3) is 6.03. The second kappa shape index (κ2) is 10.0. The second-order valence-corrected chi connectivity index (χ2v) is 6.13. The van der Waals surface area contributed by atoms with Crippen molar-refractivity contribution >= 4 is 29.0 Å². The molecule has 0 radical (unpaired) electrons. The number of nitro benzene ring substituents is 1. The first-order chi connectivity index (χ1) is 14.2. The summed E-state index contributed by atoms with van der Waals surface area (Å²) >= 11 is 0. The molecule has 0 saturated heterocycles. The van der Waals surface area contributed by atoms with Crippen molar-refractivity contribution in [3.63, 3.8) is 0 Å². The van der Waals surface area contributed by atoms with E-state index in [2.05, 4.69) is 5.32 Å². The minimum absolute atomic E-state index is 0.0639. The van der Waals surface area contributed by atoms with Crippen molar-refractivity contribution in [2.75, 3.05) is 19.0 Å². The number of carbonyl (C=O) groups is 3. The van der Waals surface area contributed by atoms with Gasteiger partial charge in [0.1, 0.15) is 17.2 Å². The highest BCUT2D eigenvalue weighted by atomic mass is 16.6. The van der Waals surface area contributed by atoms with Gasteiger partial charge in [0.2, 0.25) is 0 Å². The number of ether oxygens (including phenoxy) is 3. The quantitative estimate of drug-likeness (QED) is 0.285. The summed E-state index contributed by atoms with van der Waals surface area (Å²) in [6.45, 7) is 2.24. The summed E-state index contributed by atoms with van der Waals surface area (Å²) in [6, 6.07) is 10.2. The van der Waals surface area contributed by atoms with Crippen LogP contribution in [0.15, 0.2) is 42.5 Å². The number of hydrogen-bond donors (Lipinski definition) is 1. The van der Waals surface area contributed by atoms with Crippen molar-refractivity contribution in [3.05, 3.63) is 58.1 Å². The summed E-state index contributed by atoms with van der Waals surface area (Å²) < 4.78 is 15.2. The molecule has 0 aromatic heterocycles. The van der Waals surface area contributed by atoms with Crippen LogP contribution in [0.4, 0.5) is 11.4 Å². The van der Waals surface area contributed by atoms with Crippen LogP contribution < -0.4 is 14.8 Å². The van der Waals surface area contributed by atoms with Gasteiger partial charge < -0.3 is 19.5 Å². The van der Waals surface area contributed by atoms with Gasteiger partial charge in [0.05, 0.1) is 18.1 Å². The fourth-order valence-electron chi connectivity index (χ4n) is 2.36. The summed E-state index contributed by atoms with van der Waals surface area (Å²) in [6.07, 6.45) is -1.23. The van der Waals surface area contributed by atoms with Crippen molar-refractivity contribution in [2.45, 2.75) is 20.0 Å². The highest BCUT2D eigenvalue weighted by Gasteiger charge is 2.22. The van der Waals surface area contributed by atoms with Crippen LogP contribution >= 0.6 is 0 Å². The molecule has 10 heteroatoms. The fraction of sp³-hybridized carbons (Fsp3) is 0.250. The Bertz CT molecular complexity index is 973. The monoisotopic (exact) mass is 416 g/mol. The van der Waals surface area contributed by atoms with E-state index in [1.54, 1.807) is 18.2 Å². The third-order valence-electron chi connectivity index (χ3n) is 3.93. The number of carbonyl (C=O) groups excluding carboxylic acids is 3. The molecule has 0 bridgehead atoms. The number of esters is 1. The number of rotatable bonds is 9. The molecular formula is C20H20N2O8. The van der Waals surface area contributed by atoms with Crippen LogP contribution in [0, 0.1) is 10.1 Å². The maximum absolute atomic E-state index is 12.3. The van der Waals surface area contributed by atoms with Crippen LogP contribution in [0.25, 0.3) is 0 Å². The van der Waals surface area contributed by atoms with Crippen molar-refractivity contribution < 1.29 is 33.5 Å². The van der Waals surface area contributed by atoms with Gasteiger partial charge in [-0.3, -0.25) is 19.7 Å². The van der Waals surface area contributed by atoms with Crippen LogP contribution in [0.3, 0.4) is 0 Å². The average Bonchev–Trinajstić information content (AvgIpc) is 2.72. The molecule has 1 amide bonds. The van der Waals surface area contributed by atoms with Gasteiger partial charge in [-0.2, -0.15) is 0 Å². The Morgan fingerprint density at radius 3 is 2.50 bits per heavy atom. The van der Waals surface area contributed by atoms with Gasteiger partial charge >= 0.3 is 5.97 Å². The van der Waals surface area contributed by atoms with E-state index in [0.717, 1.165) is 6.07 Å². The molecule has 0 aliphatic rings. The molecular weight excluding hydrogens is 396 g/mol. The van der Waals surface area contributed by atoms with Crippen molar-refractivity contribution in [3.8, 4) is 11.5 Å². The molecule has 2 aromatic rings. The van der Waals surface area contributed by atoms with E-state index in [0.29, 0.717) is 11.3 Å². The molecule has 0 saturated carbocycles. The molecule has 0 fully saturated rings. The van der Waals surface area contributed by atoms with Crippen LogP contribution in [0.5, 0.6) is 11.5 Å². The van der Waals surface area contributed by atoms with Crippen molar-refractivity contribution in [1.82, 2.24) is 0 Å². The number of Topliss-reactive ketones (excluding diaryl/α,β-unsaturated/α-hetero) is 1. The average molecular weight is 416 g/mol. The molecule has 30 heavy (non-hydrogen) atoms. The van der Waals surface area contributed by atoms with Crippen LogP contribution in [0.1, 0.15) is 24.2 Å². The lowest BCUT2D eigenvalue weighted by Crippen LogP contribution is -2.31. The van der Waals surface area contributed by atoms with Gasteiger partial charge in [0.15, 0.2) is 18.5 Å². The molecule has 0 aliphatic carbocycles. The van der Waals surface area contributed by atoms with Gasteiger partial charge in [-0.25, -0.2) is 4.79 Å². The Hall–Kier alpha value is -3.95. The van der Waals surface area contributed by atoms with E-state index < -0.39 is 29.5 Å². The summed E-state index contributed by atoms with van der Waals surface area (Å²) in [4.78, 5) is 46.1. The fourth-order valence-corrected chi connectivity index (χ4v) is 2.36. The lowest BCUT2D eigenvalue weighted by atomic mass is 10.1. The summed E-state index contributed by atoms with van der Waals surface area (Å²) in [7, 11) is 1.36. The normalized spacial score (nSPS) is 11.2. The minimum atomic E-state index is -1.23. The number of nitrogens with zero attached hydrogens (tertiary/aromatic N) is 1. The summed E-state index contributed by atoms with van der Waals surface area (Å²) in [5.41, 5.74) is -0.00407. The van der Waals surface area contributed by atoms with E-state index in [9.17, 15) is 24.5 Å². The third-order valence-corrected chi connectivity index (χ3v) is 3.93. The van der Waals surface area contributed by atoms with E-state index in [1.807, 2.05) is 0 Å². The van der Waals surface area contributed by atoms with Gasteiger partial charge in [0, 0.05) is 5.56 Å². The van der Waals surface area contributed by atoms with Crippen LogP contribution in [-0.2, 0) is 14.3 Å². The molecule has 0 aliphatic heterocycles. The molecule has 158 valence electrons. The first-order valence-electron chi connectivity index (χ1n) is 8.78. The van der Waals surface area contributed by atoms with Gasteiger partial charge in [-0.15, -0.1) is 0 Å². The van der Waals surface area contributed by atoms with Crippen LogP contribution in [0.2, 0.25) is 0 Å². The smallest absolute Gasteiger partial charge is 0.344 e. The largest absolute Gasteiger partial charge is 0.496 e. The van der Waals surface area contributed by atoms with Crippen LogP contribution in [-0.4, -0.2) is 42.4 Å². The minimum Gasteiger partial charge on any atom is -0.496 e. The maximum atomic E-state index is 12.3. The first-order valence-corrected chi connectivity index (χ1v) is 8.78. The SMILES string of the molecule is COc1ccc(NC(=O)[C@H](C)OC(=O)COc2cccc(C(C)=O)c2)c([N+](=O)[O-])c1. The lowest BCUT2D eigenvalue weighted by Gasteiger charge is -2.14. The summed E-state index contributed by atoms with van der Waals surface area (Å²) in [5.74, 6) is -1.18. The highest BCUT2D eigenvalue weighted by molar-refractivity contribution is 5.97. The molecule has 2 rings (SSSR count). The standard InChI is InChI=1S/C20H20N2O8/c1-12(23)14-5-4-6-16(9-14)29-11-19(24)30-13(2)20(25)21-17-8-7-15(28-3)10-18(17)22(26)27/h4-10,13H,11H2,1-3H3,(H,21,25)/t13-/m0/s1. The molecule has 0 unspecified atom stereocenters. The second-order valence-electron chi connectivity index (χ2n) is 6.13. The number of methoxy groups -OCH3 is 1. The van der Waals surface area contributed by atoms with Gasteiger partial charge in [-0.1, -0.05) is 12.1 Å². The Morgan fingerprint density at radius 1 is 1.13 bits per heavy atom. The molecule has 1 N–H and O–H groups in total. The van der Waals surface area contributed by atoms with Crippen molar-refractivity contribution in [2.24, 2.45) is 0 Å². The van der Waals surface area contributed by atoms with E-state index in [-0.39, 0.29) is 22.9 Å². The number of anilines is 1. The molecule has 0 spiro atoms. The van der Waals surface area contributed by atoms with E-state index in [4.69, 9.17) is 14.2 Å². The molecule has 0 heterocycles. The predicted octanol–water partition coefficient (Wildman–Crippen LogP) is 2.76. The van der Waals surface area contributed by atoms with Gasteiger partial charge in [-0.05, 0) is 38.1 Å². The Balaban J connectivity index is 1.94. The van der Waals surface area contributed by atoms with E-state index >= 15 is 0 Å². The topological polar surface area (TPSA) is 134 Å². The number of nitrogens with one attached hydrogen (secondary N) is 1. The summed E-state index contributed by atoms with van der Waals surface area (Å²) in [5, 5.41) is 13.5. The number of ketones is 1. The lowest BCUT2D eigenvalue weighted by molar-refractivity contribution is -0.384. The number of nitro groups is 1. The zero-order chi connectivity index (χ0) is 22.3. The molecule has 10 nitrogen and oxygen atoms in total. The van der Waals surface area contributed by atoms with E-state index in [1.165, 1.54) is 39.2 Å². The molecule has 1 atom stereocenters. The Kier molecular flexibility index (Phi) is 7.45. The number of amides is 1. The van der Waals surface area contributed by atoms with Gasteiger partial charge in [0.25, 0.3) is 11.6 Å². The van der Waals surface area contributed by atoms with Crippen molar-refractivity contribution in [1.29, 1.82) is 0 Å².